The average molecular weight is 210 g/mol. The van der Waals surface area contributed by atoms with Crippen LogP contribution in [-0.2, 0) is 6.42 Å². The largest absolute Gasteiger partial charge is 0.388 e. The topological polar surface area (TPSA) is 20.2 Å². The average Bonchev–Trinajstić information content (AvgIpc) is 2.61. The number of aryl methyl sites for hydroxylation is 1. The van der Waals surface area contributed by atoms with Crippen molar-refractivity contribution in [1.82, 2.24) is 0 Å². The fourth-order valence-corrected chi connectivity index (χ4v) is 2.46. The van der Waals surface area contributed by atoms with Gasteiger partial charge in [0.15, 0.2) is 0 Å². The van der Waals surface area contributed by atoms with E-state index in [0.29, 0.717) is 0 Å². The predicted molar refractivity (Wildman–Crippen MR) is 62.7 cm³/mol. The molecule has 1 atom stereocenters. The Morgan fingerprint density at radius 2 is 2.36 bits per heavy atom. The van der Waals surface area contributed by atoms with Crippen LogP contribution in [0, 0.1) is 0 Å². The molecule has 0 aliphatic heterocycles. The molecule has 0 fully saturated rings. The lowest BCUT2D eigenvalue weighted by molar-refractivity contribution is 0.170. The first-order valence-electron chi connectivity index (χ1n) is 5.03. The summed E-state index contributed by atoms with van der Waals surface area (Å²) in [6, 6.07) is 2.10. The highest BCUT2D eigenvalue weighted by atomic mass is 32.1. The predicted octanol–water partition coefficient (Wildman–Crippen LogP) is 3.70. The lowest BCUT2D eigenvalue weighted by atomic mass is 10.1. The van der Waals surface area contributed by atoms with E-state index in [1.807, 2.05) is 6.92 Å². The van der Waals surface area contributed by atoms with Gasteiger partial charge in [-0.15, -0.1) is 17.9 Å². The maximum Gasteiger partial charge on any atom is 0.0887 e. The van der Waals surface area contributed by atoms with Gasteiger partial charge in [-0.05, 0) is 43.2 Å². The summed E-state index contributed by atoms with van der Waals surface area (Å²) in [5.74, 6) is 0. The minimum Gasteiger partial charge on any atom is -0.388 e. The smallest absolute Gasteiger partial charge is 0.0887 e. The van der Waals surface area contributed by atoms with Crippen molar-refractivity contribution in [1.29, 1.82) is 0 Å². The standard InChI is InChI=1S/C12H18OS/c1-4-10-7-8-14-12(10)11(13)6-5-9(2)3/h7-8,11,13H,2,4-6H2,1,3H3. The molecule has 1 rings (SSSR count). The van der Waals surface area contributed by atoms with E-state index in [0.717, 1.165) is 29.7 Å². The fraction of sp³-hybridized carbons (Fsp3) is 0.500. The summed E-state index contributed by atoms with van der Waals surface area (Å²) in [4.78, 5) is 1.13. The van der Waals surface area contributed by atoms with Crippen LogP contribution in [0.3, 0.4) is 0 Å². The summed E-state index contributed by atoms with van der Waals surface area (Å²) >= 11 is 1.65. The quantitative estimate of drug-likeness (QED) is 0.735. The van der Waals surface area contributed by atoms with Crippen LogP contribution in [0.2, 0.25) is 0 Å². The van der Waals surface area contributed by atoms with E-state index < -0.39 is 0 Å². The van der Waals surface area contributed by atoms with Crippen LogP contribution in [0.25, 0.3) is 0 Å². The maximum absolute atomic E-state index is 9.94. The zero-order chi connectivity index (χ0) is 10.6. The molecule has 0 saturated carbocycles. The van der Waals surface area contributed by atoms with Gasteiger partial charge < -0.3 is 5.11 Å². The molecular formula is C12H18OS. The Labute approximate surface area is 90.1 Å². The van der Waals surface area contributed by atoms with Crippen molar-refractivity contribution in [3.8, 4) is 0 Å². The van der Waals surface area contributed by atoms with Crippen molar-refractivity contribution in [3.05, 3.63) is 34.0 Å². The molecule has 2 heteroatoms. The molecule has 14 heavy (non-hydrogen) atoms. The molecule has 0 aromatic carbocycles. The Morgan fingerprint density at radius 1 is 1.64 bits per heavy atom. The van der Waals surface area contributed by atoms with E-state index in [9.17, 15) is 5.11 Å². The number of aliphatic hydroxyl groups excluding tert-OH is 1. The van der Waals surface area contributed by atoms with Gasteiger partial charge in [0.2, 0.25) is 0 Å². The van der Waals surface area contributed by atoms with Gasteiger partial charge in [-0.2, -0.15) is 0 Å². The number of rotatable bonds is 5. The summed E-state index contributed by atoms with van der Waals surface area (Å²) in [6.07, 6.45) is 2.40. The van der Waals surface area contributed by atoms with Crippen molar-refractivity contribution < 1.29 is 5.11 Å². The van der Waals surface area contributed by atoms with Crippen molar-refractivity contribution >= 4 is 11.3 Å². The first-order valence-corrected chi connectivity index (χ1v) is 5.91. The molecule has 1 unspecified atom stereocenters. The lowest BCUT2D eigenvalue weighted by Gasteiger charge is -2.10. The molecule has 78 valence electrons. The second-order valence-corrected chi connectivity index (χ2v) is 4.62. The lowest BCUT2D eigenvalue weighted by Crippen LogP contribution is -1.98. The van der Waals surface area contributed by atoms with Gasteiger partial charge in [0.25, 0.3) is 0 Å². The third-order valence-corrected chi connectivity index (χ3v) is 3.37. The molecule has 0 aliphatic carbocycles. The van der Waals surface area contributed by atoms with Crippen LogP contribution >= 0.6 is 11.3 Å². The zero-order valence-corrected chi connectivity index (χ0v) is 9.73. The number of aliphatic hydroxyl groups is 1. The van der Waals surface area contributed by atoms with Gasteiger partial charge in [0.1, 0.15) is 0 Å². The fourth-order valence-electron chi connectivity index (χ4n) is 1.45. The minimum atomic E-state index is -0.304. The maximum atomic E-state index is 9.94. The minimum absolute atomic E-state index is 0.304. The van der Waals surface area contributed by atoms with Gasteiger partial charge in [0.05, 0.1) is 6.10 Å². The number of hydrogen-bond donors (Lipinski definition) is 1. The molecule has 0 aliphatic rings. The molecule has 0 amide bonds. The highest BCUT2D eigenvalue weighted by Crippen LogP contribution is 2.28. The van der Waals surface area contributed by atoms with Crippen LogP contribution in [0.4, 0.5) is 0 Å². The van der Waals surface area contributed by atoms with Crippen molar-refractivity contribution in [2.75, 3.05) is 0 Å². The highest BCUT2D eigenvalue weighted by molar-refractivity contribution is 7.10. The Kier molecular flexibility index (Phi) is 4.36. The number of thiophene rings is 1. The van der Waals surface area contributed by atoms with Crippen LogP contribution in [0.5, 0.6) is 0 Å². The Morgan fingerprint density at radius 3 is 2.93 bits per heavy atom. The summed E-state index contributed by atoms with van der Waals surface area (Å²) in [7, 11) is 0. The molecule has 1 heterocycles. The summed E-state index contributed by atoms with van der Waals surface area (Å²) in [5, 5.41) is 12.0. The van der Waals surface area contributed by atoms with Gasteiger partial charge >= 0.3 is 0 Å². The van der Waals surface area contributed by atoms with Crippen molar-refractivity contribution in [3.63, 3.8) is 0 Å². The van der Waals surface area contributed by atoms with E-state index in [4.69, 9.17) is 0 Å². The summed E-state index contributed by atoms with van der Waals surface area (Å²) < 4.78 is 0. The second-order valence-electron chi connectivity index (χ2n) is 3.68. The monoisotopic (exact) mass is 210 g/mol. The molecule has 1 aromatic rings. The van der Waals surface area contributed by atoms with Gasteiger partial charge in [-0.25, -0.2) is 0 Å². The molecule has 0 radical (unpaired) electrons. The molecule has 0 bridgehead atoms. The SMILES string of the molecule is C=C(C)CCC(O)c1sccc1CC. The van der Waals surface area contributed by atoms with Gasteiger partial charge in [0, 0.05) is 4.88 Å². The van der Waals surface area contributed by atoms with E-state index in [2.05, 4.69) is 24.9 Å². The second kappa shape index (κ2) is 5.32. The normalized spacial score (nSPS) is 12.8. The van der Waals surface area contributed by atoms with Crippen molar-refractivity contribution in [2.24, 2.45) is 0 Å². The van der Waals surface area contributed by atoms with Gasteiger partial charge in [-0.1, -0.05) is 12.5 Å². The summed E-state index contributed by atoms with van der Waals surface area (Å²) in [5.41, 5.74) is 2.42. The molecule has 1 aromatic heterocycles. The first kappa shape index (κ1) is 11.5. The van der Waals surface area contributed by atoms with E-state index >= 15 is 0 Å². The Bertz CT molecular complexity index is 301. The van der Waals surface area contributed by atoms with Gasteiger partial charge in [-0.3, -0.25) is 0 Å². The van der Waals surface area contributed by atoms with Crippen LogP contribution in [0.1, 0.15) is 43.2 Å². The number of allylic oxidation sites excluding steroid dienone is 1. The molecule has 1 N–H and O–H groups in total. The molecule has 0 spiro atoms. The Hall–Kier alpha value is -0.600. The van der Waals surface area contributed by atoms with E-state index in [1.165, 1.54) is 5.56 Å². The Balaban J connectivity index is 2.59. The zero-order valence-electron chi connectivity index (χ0n) is 8.92. The third-order valence-electron chi connectivity index (χ3n) is 2.31. The van der Waals surface area contributed by atoms with Crippen molar-refractivity contribution in [2.45, 2.75) is 39.2 Å². The third kappa shape index (κ3) is 2.96. The van der Waals surface area contributed by atoms with Crippen LogP contribution < -0.4 is 0 Å². The van der Waals surface area contributed by atoms with Crippen LogP contribution in [0.15, 0.2) is 23.6 Å². The summed E-state index contributed by atoms with van der Waals surface area (Å²) in [6.45, 7) is 7.97. The highest BCUT2D eigenvalue weighted by Gasteiger charge is 2.12. The molecule has 0 saturated heterocycles. The molecular weight excluding hydrogens is 192 g/mol. The van der Waals surface area contributed by atoms with Crippen LogP contribution in [-0.4, -0.2) is 5.11 Å². The van der Waals surface area contributed by atoms with E-state index in [1.54, 1.807) is 11.3 Å². The first-order chi connectivity index (χ1) is 6.65. The number of hydrogen-bond acceptors (Lipinski definition) is 2. The molecule has 1 nitrogen and oxygen atoms in total. The van der Waals surface area contributed by atoms with E-state index in [-0.39, 0.29) is 6.10 Å².